The number of aryl methyl sites for hydroxylation is 1. The number of fused-ring (bicyclic) bond motifs is 1. The third-order valence-corrected chi connectivity index (χ3v) is 6.11. The first kappa shape index (κ1) is 25.3. The van der Waals surface area contributed by atoms with Gasteiger partial charge in [0.2, 0.25) is 0 Å². The number of hydrogen-bond donors (Lipinski definition) is 2. The number of carboxylic acids is 1. The molecule has 5 aromatic rings. The summed E-state index contributed by atoms with van der Waals surface area (Å²) < 4.78 is 2.10. The van der Waals surface area contributed by atoms with Crippen molar-refractivity contribution < 1.29 is 14.7 Å². The standard InChI is InChI=1S/C30H24N2O.C2H4O2/c1-21-9-5-6-12-24(21)19-28(31)27-20-32(29-14-8-7-13-26(27)29)25-17-15-23(16-18-25)30(33)22-10-3-2-4-11-22;1-2(3)4/h2-18,20,31H,19H2,1H3;1H3,(H,3,4). The lowest BCUT2D eigenvalue weighted by molar-refractivity contribution is -0.134. The number of hydrogen-bond acceptors (Lipinski definition) is 3. The predicted molar refractivity (Wildman–Crippen MR) is 148 cm³/mol. The molecule has 1 heterocycles. The van der Waals surface area contributed by atoms with Gasteiger partial charge in [0.15, 0.2) is 5.78 Å². The van der Waals surface area contributed by atoms with Crippen molar-refractivity contribution in [3.63, 3.8) is 0 Å². The highest BCUT2D eigenvalue weighted by Crippen LogP contribution is 2.27. The number of para-hydroxylation sites is 1. The van der Waals surface area contributed by atoms with Crippen LogP contribution in [0.2, 0.25) is 0 Å². The molecule has 0 aliphatic carbocycles. The van der Waals surface area contributed by atoms with Gasteiger partial charge in [-0.25, -0.2) is 0 Å². The Balaban J connectivity index is 0.000000747. The number of aliphatic carboxylic acids is 1. The van der Waals surface area contributed by atoms with Crippen molar-refractivity contribution in [1.82, 2.24) is 4.57 Å². The lowest BCUT2D eigenvalue weighted by atomic mass is 9.99. The van der Waals surface area contributed by atoms with E-state index in [-0.39, 0.29) is 5.78 Å². The molecule has 5 heteroatoms. The van der Waals surface area contributed by atoms with Crippen molar-refractivity contribution in [3.05, 3.63) is 137 Å². The number of ketones is 1. The van der Waals surface area contributed by atoms with Crippen LogP contribution in [-0.4, -0.2) is 27.1 Å². The smallest absolute Gasteiger partial charge is 0.300 e. The van der Waals surface area contributed by atoms with Crippen molar-refractivity contribution in [2.24, 2.45) is 0 Å². The molecule has 5 nitrogen and oxygen atoms in total. The van der Waals surface area contributed by atoms with Gasteiger partial charge in [-0.05, 0) is 48.4 Å². The molecule has 0 radical (unpaired) electrons. The van der Waals surface area contributed by atoms with Crippen molar-refractivity contribution in [2.75, 3.05) is 0 Å². The summed E-state index contributed by atoms with van der Waals surface area (Å²) in [5.74, 6) is -0.819. The largest absolute Gasteiger partial charge is 0.481 e. The second-order valence-corrected chi connectivity index (χ2v) is 8.77. The fourth-order valence-electron chi connectivity index (χ4n) is 4.26. The third-order valence-electron chi connectivity index (χ3n) is 6.11. The van der Waals surface area contributed by atoms with Gasteiger partial charge in [-0.1, -0.05) is 72.8 Å². The number of carbonyl (C=O) groups excluding carboxylic acids is 1. The lowest BCUT2D eigenvalue weighted by Gasteiger charge is -2.07. The topological polar surface area (TPSA) is 83.2 Å². The molecule has 5 rings (SSSR count). The van der Waals surface area contributed by atoms with Gasteiger partial charge >= 0.3 is 0 Å². The zero-order valence-corrected chi connectivity index (χ0v) is 20.8. The fourth-order valence-corrected chi connectivity index (χ4v) is 4.26. The molecule has 1 aromatic heterocycles. The minimum absolute atomic E-state index is 0.0141. The summed E-state index contributed by atoms with van der Waals surface area (Å²) in [6.45, 7) is 3.17. The first-order valence-electron chi connectivity index (χ1n) is 12.0. The highest BCUT2D eigenvalue weighted by atomic mass is 16.4. The zero-order valence-electron chi connectivity index (χ0n) is 20.8. The highest BCUT2D eigenvalue weighted by Gasteiger charge is 2.15. The molecule has 0 bridgehead atoms. The quantitative estimate of drug-likeness (QED) is 0.202. The number of nitrogens with zero attached hydrogens (tertiary/aromatic N) is 1. The number of carboxylic acid groups (broad SMARTS) is 1. The minimum Gasteiger partial charge on any atom is -0.481 e. The number of carbonyl (C=O) groups is 2. The van der Waals surface area contributed by atoms with E-state index < -0.39 is 5.97 Å². The van der Waals surface area contributed by atoms with Crippen molar-refractivity contribution in [2.45, 2.75) is 20.3 Å². The van der Waals surface area contributed by atoms with E-state index in [1.54, 1.807) is 0 Å². The Morgan fingerprint density at radius 1 is 0.784 bits per heavy atom. The number of rotatable bonds is 6. The van der Waals surface area contributed by atoms with Crippen LogP contribution in [0.1, 0.15) is 39.5 Å². The first-order valence-corrected chi connectivity index (χ1v) is 12.0. The molecule has 0 unspecified atom stereocenters. The van der Waals surface area contributed by atoms with Crippen molar-refractivity contribution >= 4 is 28.4 Å². The van der Waals surface area contributed by atoms with Crippen LogP contribution in [-0.2, 0) is 11.2 Å². The van der Waals surface area contributed by atoms with Crippen molar-refractivity contribution in [3.8, 4) is 5.69 Å². The Kier molecular flexibility index (Phi) is 7.74. The summed E-state index contributed by atoms with van der Waals surface area (Å²) in [6.07, 6.45) is 2.63. The molecule has 0 aliphatic heterocycles. The van der Waals surface area contributed by atoms with E-state index in [9.17, 15) is 4.79 Å². The molecule has 4 aromatic carbocycles. The highest BCUT2D eigenvalue weighted by molar-refractivity contribution is 6.11. The zero-order chi connectivity index (χ0) is 26.4. The summed E-state index contributed by atoms with van der Waals surface area (Å²) >= 11 is 0. The third kappa shape index (κ3) is 5.90. The summed E-state index contributed by atoms with van der Waals surface area (Å²) in [6, 6.07) is 33.4. The Morgan fingerprint density at radius 2 is 1.35 bits per heavy atom. The first-order chi connectivity index (χ1) is 17.8. The molecule has 0 spiro atoms. The molecule has 0 amide bonds. The van der Waals surface area contributed by atoms with Gasteiger partial charge < -0.3 is 15.1 Å². The molecule has 2 N–H and O–H groups in total. The van der Waals surface area contributed by atoms with Crippen molar-refractivity contribution in [1.29, 1.82) is 5.41 Å². The van der Waals surface area contributed by atoms with E-state index in [0.29, 0.717) is 23.3 Å². The van der Waals surface area contributed by atoms with Gasteiger partial charge in [-0.15, -0.1) is 0 Å². The van der Waals surface area contributed by atoms with E-state index in [4.69, 9.17) is 15.3 Å². The molecule has 184 valence electrons. The molecular formula is C32H28N2O3. The Morgan fingerprint density at radius 3 is 2.03 bits per heavy atom. The van der Waals surface area contributed by atoms with Gasteiger partial charge in [0.05, 0.1) is 5.52 Å². The predicted octanol–water partition coefficient (Wildman–Crippen LogP) is 6.87. The summed E-state index contributed by atoms with van der Waals surface area (Å²) in [5, 5.41) is 17.3. The van der Waals surface area contributed by atoms with Crippen LogP contribution >= 0.6 is 0 Å². The average Bonchev–Trinajstić information content (AvgIpc) is 3.30. The summed E-state index contributed by atoms with van der Waals surface area (Å²) in [5.41, 5.74) is 7.24. The van der Waals surface area contributed by atoms with Gasteiger partial charge in [0.1, 0.15) is 0 Å². The number of nitrogens with one attached hydrogen (secondary N) is 1. The fraction of sp³-hybridized carbons (Fsp3) is 0.0938. The van der Waals surface area contributed by atoms with Gasteiger partial charge in [0.25, 0.3) is 5.97 Å². The lowest BCUT2D eigenvalue weighted by Crippen LogP contribution is -2.04. The maximum atomic E-state index is 12.8. The van der Waals surface area contributed by atoms with Crippen LogP contribution in [0.4, 0.5) is 0 Å². The maximum Gasteiger partial charge on any atom is 0.300 e. The second kappa shape index (κ2) is 11.3. The van der Waals surface area contributed by atoms with E-state index in [0.717, 1.165) is 29.1 Å². The van der Waals surface area contributed by atoms with E-state index in [2.05, 4.69) is 35.8 Å². The summed E-state index contributed by atoms with van der Waals surface area (Å²) in [4.78, 5) is 21.8. The Bertz CT molecular complexity index is 1560. The average molecular weight is 489 g/mol. The summed E-state index contributed by atoms with van der Waals surface area (Å²) in [7, 11) is 0. The Hall–Kier alpha value is -4.77. The molecule has 37 heavy (non-hydrogen) atoms. The van der Waals surface area contributed by atoms with Crippen LogP contribution < -0.4 is 0 Å². The Labute approximate surface area is 216 Å². The number of aromatic nitrogens is 1. The minimum atomic E-state index is -0.833. The van der Waals surface area contributed by atoms with Crippen LogP contribution in [0.5, 0.6) is 0 Å². The van der Waals surface area contributed by atoms with Crippen LogP contribution in [0, 0.1) is 12.3 Å². The van der Waals surface area contributed by atoms with Gasteiger partial charge in [0, 0.05) is 53.0 Å². The normalized spacial score (nSPS) is 10.4. The molecule has 0 saturated heterocycles. The van der Waals surface area contributed by atoms with Gasteiger partial charge in [-0.3, -0.25) is 9.59 Å². The van der Waals surface area contributed by atoms with E-state index in [1.807, 2.05) is 85.1 Å². The maximum absolute atomic E-state index is 12.8. The molecular weight excluding hydrogens is 460 g/mol. The van der Waals surface area contributed by atoms with Crippen LogP contribution in [0.3, 0.4) is 0 Å². The monoisotopic (exact) mass is 488 g/mol. The number of benzene rings is 4. The van der Waals surface area contributed by atoms with E-state index in [1.165, 1.54) is 11.1 Å². The van der Waals surface area contributed by atoms with Gasteiger partial charge in [-0.2, -0.15) is 0 Å². The molecule has 0 atom stereocenters. The molecule has 0 saturated carbocycles. The molecule has 0 aliphatic rings. The van der Waals surface area contributed by atoms with E-state index >= 15 is 0 Å². The second-order valence-electron chi connectivity index (χ2n) is 8.77. The van der Waals surface area contributed by atoms with Crippen LogP contribution in [0.25, 0.3) is 16.6 Å². The SMILES string of the molecule is CC(=O)O.Cc1ccccc1CC(=N)c1cn(-c2ccc(C(=O)c3ccccc3)cc2)c2ccccc12. The molecule has 0 fully saturated rings. The van der Waals surface area contributed by atoms with Crippen LogP contribution in [0.15, 0.2) is 109 Å².